The molecule has 0 bridgehead atoms. The first-order chi connectivity index (χ1) is 13.7. The molecular formula is C21H15ClN2O3S. The van der Waals surface area contributed by atoms with E-state index in [0.29, 0.717) is 32.9 Å². The summed E-state index contributed by atoms with van der Waals surface area (Å²) in [5.41, 5.74) is 3.17. The van der Waals surface area contributed by atoms with E-state index >= 15 is 0 Å². The molecule has 4 rings (SSSR count). The van der Waals surface area contributed by atoms with Crippen LogP contribution < -0.4 is 14.2 Å². The van der Waals surface area contributed by atoms with Gasteiger partial charge in [0.05, 0.1) is 18.4 Å². The number of thioether (sulfide) groups is 1. The molecule has 1 aliphatic rings. The molecule has 7 heteroatoms. The summed E-state index contributed by atoms with van der Waals surface area (Å²) in [6.45, 7) is 0.201. The van der Waals surface area contributed by atoms with Crippen LogP contribution in [0.3, 0.4) is 0 Å². The van der Waals surface area contributed by atoms with Crippen molar-refractivity contribution in [2.24, 2.45) is 0 Å². The normalized spacial score (nSPS) is 11.9. The molecule has 0 atom stereocenters. The summed E-state index contributed by atoms with van der Waals surface area (Å²) in [5, 5.41) is 10.7. The Balaban J connectivity index is 1.59. The number of rotatable bonds is 5. The van der Waals surface area contributed by atoms with Gasteiger partial charge in [-0.05, 0) is 48.0 Å². The van der Waals surface area contributed by atoms with Crippen LogP contribution in [0.2, 0.25) is 5.02 Å². The van der Waals surface area contributed by atoms with Crippen LogP contribution in [-0.4, -0.2) is 18.9 Å². The van der Waals surface area contributed by atoms with Crippen LogP contribution >= 0.6 is 23.4 Å². The van der Waals surface area contributed by atoms with Gasteiger partial charge in [0.2, 0.25) is 6.79 Å². The first-order valence-electron chi connectivity index (χ1n) is 8.44. The third kappa shape index (κ3) is 3.72. The van der Waals surface area contributed by atoms with Crippen LogP contribution in [0.25, 0.3) is 11.3 Å². The lowest BCUT2D eigenvalue weighted by atomic mass is 10.1. The van der Waals surface area contributed by atoms with E-state index in [0.717, 1.165) is 22.6 Å². The van der Waals surface area contributed by atoms with Gasteiger partial charge in [0.25, 0.3) is 0 Å². The van der Waals surface area contributed by atoms with Gasteiger partial charge < -0.3 is 14.2 Å². The van der Waals surface area contributed by atoms with Crippen molar-refractivity contribution in [1.82, 2.24) is 4.98 Å². The minimum Gasteiger partial charge on any atom is -0.497 e. The van der Waals surface area contributed by atoms with Gasteiger partial charge in [0.15, 0.2) is 11.5 Å². The Bertz CT molecular complexity index is 1060. The van der Waals surface area contributed by atoms with Crippen LogP contribution in [0.4, 0.5) is 0 Å². The molecule has 0 amide bonds. The van der Waals surface area contributed by atoms with E-state index in [1.54, 1.807) is 19.2 Å². The fourth-order valence-corrected chi connectivity index (χ4v) is 4.04. The first-order valence-corrected chi connectivity index (χ1v) is 9.80. The molecule has 28 heavy (non-hydrogen) atoms. The molecule has 1 aliphatic heterocycles. The number of pyridine rings is 1. The summed E-state index contributed by atoms with van der Waals surface area (Å²) < 4.78 is 16.0. The molecule has 1 aromatic heterocycles. The summed E-state index contributed by atoms with van der Waals surface area (Å²) in [5.74, 6) is 2.67. The zero-order chi connectivity index (χ0) is 19.5. The van der Waals surface area contributed by atoms with E-state index in [1.165, 1.54) is 11.8 Å². The lowest BCUT2D eigenvalue weighted by Crippen LogP contribution is -1.93. The van der Waals surface area contributed by atoms with Crippen molar-refractivity contribution < 1.29 is 14.2 Å². The van der Waals surface area contributed by atoms with Gasteiger partial charge in [-0.3, -0.25) is 0 Å². The van der Waals surface area contributed by atoms with E-state index in [-0.39, 0.29) is 6.79 Å². The third-order valence-corrected chi connectivity index (χ3v) is 5.66. The minimum absolute atomic E-state index is 0.201. The van der Waals surface area contributed by atoms with Gasteiger partial charge in [-0.15, -0.1) is 11.8 Å². The molecular weight excluding hydrogens is 396 g/mol. The third-order valence-electron chi connectivity index (χ3n) is 4.27. The lowest BCUT2D eigenvalue weighted by molar-refractivity contribution is 0.174. The van der Waals surface area contributed by atoms with Gasteiger partial charge in [0.1, 0.15) is 16.8 Å². The maximum Gasteiger partial charge on any atom is 0.231 e. The quantitative estimate of drug-likeness (QED) is 0.531. The number of benzene rings is 2. The average Bonchev–Trinajstić information content (AvgIpc) is 3.19. The summed E-state index contributed by atoms with van der Waals surface area (Å²) in [7, 11) is 1.63. The molecule has 2 aromatic carbocycles. The van der Waals surface area contributed by atoms with Crippen LogP contribution in [0.15, 0.2) is 53.6 Å². The number of methoxy groups -OCH3 is 1. The Morgan fingerprint density at radius 2 is 1.89 bits per heavy atom. The highest BCUT2D eigenvalue weighted by Gasteiger charge is 2.17. The molecule has 0 saturated carbocycles. The van der Waals surface area contributed by atoms with Crippen LogP contribution in [0, 0.1) is 11.3 Å². The van der Waals surface area contributed by atoms with Crippen LogP contribution in [-0.2, 0) is 5.75 Å². The fourth-order valence-electron chi connectivity index (χ4n) is 2.77. The predicted octanol–water partition coefficient (Wildman–Crippen LogP) is 5.30. The number of aromatic nitrogens is 1. The Labute approximate surface area is 171 Å². The monoisotopic (exact) mass is 410 g/mol. The number of fused-ring (bicyclic) bond motifs is 1. The maximum absolute atomic E-state index is 9.44. The van der Waals surface area contributed by atoms with Gasteiger partial charge in [-0.2, -0.15) is 5.26 Å². The topological polar surface area (TPSA) is 64.4 Å². The van der Waals surface area contributed by atoms with Gasteiger partial charge >= 0.3 is 0 Å². The second-order valence-corrected chi connectivity index (χ2v) is 7.35. The van der Waals surface area contributed by atoms with E-state index in [1.807, 2.05) is 36.4 Å². The van der Waals surface area contributed by atoms with E-state index in [9.17, 15) is 5.26 Å². The van der Waals surface area contributed by atoms with Crippen molar-refractivity contribution in [2.75, 3.05) is 13.9 Å². The van der Waals surface area contributed by atoms with E-state index in [2.05, 4.69) is 11.1 Å². The maximum atomic E-state index is 9.44. The van der Waals surface area contributed by atoms with Crippen molar-refractivity contribution >= 4 is 23.4 Å². The fraction of sp³-hybridized carbons (Fsp3) is 0.143. The second-order valence-electron chi connectivity index (χ2n) is 5.98. The summed E-state index contributed by atoms with van der Waals surface area (Å²) >= 11 is 7.82. The van der Waals surface area contributed by atoms with Crippen molar-refractivity contribution in [3.8, 4) is 34.6 Å². The second kappa shape index (κ2) is 8.01. The van der Waals surface area contributed by atoms with Crippen molar-refractivity contribution in [3.63, 3.8) is 0 Å². The SMILES string of the molecule is COc1ccc(-c2ccc(C#N)c(SCc3cc4c(cc3Cl)OCO4)n2)cc1. The lowest BCUT2D eigenvalue weighted by Gasteiger charge is -2.09. The highest BCUT2D eigenvalue weighted by molar-refractivity contribution is 7.98. The Hall–Kier alpha value is -2.88. The smallest absolute Gasteiger partial charge is 0.231 e. The number of halogens is 1. The van der Waals surface area contributed by atoms with E-state index in [4.69, 9.17) is 25.8 Å². The molecule has 0 aliphatic carbocycles. The van der Waals surface area contributed by atoms with Crippen molar-refractivity contribution in [3.05, 3.63) is 64.7 Å². The van der Waals surface area contributed by atoms with E-state index < -0.39 is 0 Å². The van der Waals surface area contributed by atoms with Crippen LogP contribution in [0.1, 0.15) is 11.1 Å². The highest BCUT2D eigenvalue weighted by Crippen LogP contribution is 2.39. The molecule has 5 nitrogen and oxygen atoms in total. The standard InChI is InChI=1S/C21H15ClN2O3S/c1-25-16-5-2-13(3-6-16)18-7-4-14(10-23)21(24-18)28-11-15-8-19-20(9-17(15)22)27-12-26-19/h2-9H,11-12H2,1H3. The Kier molecular flexibility index (Phi) is 5.29. The molecule has 0 N–H and O–H groups in total. The minimum atomic E-state index is 0.201. The summed E-state index contributed by atoms with van der Waals surface area (Å²) in [6.07, 6.45) is 0. The zero-order valence-corrected chi connectivity index (χ0v) is 16.5. The first kappa shape index (κ1) is 18.5. The van der Waals surface area contributed by atoms with Crippen LogP contribution in [0.5, 0.6) is 17.2 Å². The largest absolute Gasteiger partial charge is 0.497 e. The number of ether oxygens (including phenoxy) is 3. The van der Waals surface area contributed by atoms with Gasteiger partial charge in [-0.1, -0.05) is 11.6 Å². The Morgan fingerprint density at radius 3 is 2.61 bits per heavy atom. The molecule has 2 heterocycles. The van der Waals surface area contributed by atoms with Crippen molar-refractivity contribution in [1.29, 1.82) is 5.26 Å². The molecule has 0 saturated heterocycles. The highest BCUT2D eigenvalue weighted by atomic mass is 35.5. The molecule has 0 fully saturated rings. The molecule has 140 valence electrons. The summed E-state index contributed by atoms with van der Waals surface area (Å²) in [6, 6.07) is 17.1. The molecule has 0 spiro atoms. The number of hydrogen-bond donors (Lipinski definition) is 0. The van der Waals surface area contributed by atoms with Crippen molar-refractivity contribution in [2.45, 2.75) is 10.8 Å². The summed E-state index contributed by atoms with van der Waals surface area (Å²) in [4.78, 5) is 4.69. The number of hydrogen-bond acceptors (Lipinski definition) is 6. The number of nitriles is 1. The molecule has 0 radical (unpaired) electrons. The molecule has 3 aromatic rings. The number of nitrogens with zero attached hydrogens (tertiary/aromatic N) is 2. The van der Waals surface area contributed by atoms with Gasteiger partial charge in [0, 0.05) is 22.4 Å². The average molecular weight is 411 g/mol. The zero-order valence-electron chi connectivity index (χ0n) is 14.9. The van der Waals surface area contributed by atoms with Gasteiger partial charge in [-0.25, -0.2) is 4.98 Å². The molecule has 0 unspecified atom stereocenters. The predicted molar refractivity (Wildman–Crippen MR) is 108 cm³/mol. The Morgan fingerprint density at radius 1 is 1.14 bits per heavy atom.